The van der Waals surface area contributed by atoms with Crippen molar-refractivity contribution < 1.29 is 8.78 Å². The SMILES string of the molecule is CC(c1c(F)cc2ncccc2c1F)n1cnc2ncc(-c3cn[nH]c3)nc21. The van der Waals surface area contributed by atoms with E-state index in [4.69, 9.17) is 0 Å². The average molecular weight is 377 g/mol. The number of H-pyrrole nitrogens is 1. The molecule has 0 spiro atoms. The molecule has 0 aliphatic heterocycles. The monoisotopic (exact) mass is 377 g/mol. The van der Waals surface area contributed by atoms with Crippen LogP contribution in [0.1, 0.15) is 18.5 Å². The predicted octanol–water partition coefficient (Wildman–Crippen LogP) is 3.65. The van der Waals surface area contributed by atoms with Crippen LogP contribution in [0.5, 0.6) is 0 Å². The largest absolute Gasteiger partial charge is 0.306 e. The molecule has 138 valence electrons. The molecule has 0 saturated heterocycles. The van der Waals surface area contributed by atoms with Gasteiger partial charge in [0.15, 0.2) is 11.3 Å². The highest BCUT2D eigenvalue weighted by molar-refractivity contribution is 5.80. The van der Waals surface area contributed by atoms with Crippen LogP contribution < -0.4 is 0 Å². The van der Waals surface area contributed by atoms with Gasteiger partial charge in [0.25, 0.3) is 0 Å². The first-order valence-electron chi connectivity index (χ1n) is 8.55. The maximum absolute atomic E-state index is 15.1. The third-order valence-electron chi connectivity index (χ3n) is 4.75. The zero-order valence-corrected chi connectivity index (χ0v) is 14.6. The van der Waals surface area contributed by atoms with Crippen LogP contribution in [0, 0.1) is 11.6 Å². The van der Waals surface area contributed by atoms with Gasteiger partial charge in [-0.15, -0.1) is 0 Å². The summed E-state index contributed by atoms with van der Waals surface area (Å²) in [7, 11) is 0. The van der Waals surface area contributed by atoms with Crippen LogP contribution in [-0.4, -0.2) is 34.7 Å². The summed E-state index contributed by atoms with van der Waals surface area (Å²) >= 11 is 0. The molecule has 5 rings (SSSR count). The number of benzene rings is 1. The van der Waals surface area contributed by atoms with Crippen molar-refractivity contribution in [2.24, 2.45) is 0 Å². The molecule has 1 aromatic carbocycles. The Labute approximate surface area is 157 Å². The number of aromatic nitrogens is 7. The fraction of sp³-hybridized carbons (Fsp3) is 0.105. The zero-order chi connectivity index (χ0) is 19.3. The highest BCUT2D eigenvalue weighted by Crippen LogP contribution is 2.31. The number of aromatic amines is 1. The van der Waals surface area contributed by atoms with Gasteiger partial charge in [-0.2, -0.15) is 5.10 Å². The summed E-state index contributed by atoms with van der Waals surface area (Å²) in [5, 5.41) is 6.89. The minimum absolute atomic E-state index is 0.0738. The summed E-state index contributed by atoms with van der Waals surface area (Å²) in [6, 6.07) is 3.75. The summed E-state index contributed by atoms with van der Waals surface area (Å²) in [5.74, 6) is -1.31. The van der Waals surface area contributed by atoms with Gasteiger partial charge in [-0.05, 0) is 19.1 Å². The van der Waals surface area contributed by atoms with E-state index in [1.807, 2.05) is 0 Å². The maximum Gasteiger partial charge on any atom is 0.197 e. The van der Waals surface area contributed by atoms with E-state index in [0.717, 1.165) is 5.56 Å². The van der Waals surface area contributed by atoms with Crippen molar-refractivity contribution >= 4 is 22.2 Å². The van der Waals surface area contributed by atoms with Crippen LogP contribution >= 0.6 is 0 Å². The highest BCUT2D eigenvalue weighted by atomic mass is 19.1. The number of nitrogens with zero attached hydrogens (tertiary/aromatic N) is 6. The molecule has 0 saturated carbocycles. The molecule has 9 heteroatoms. The lowest BCUT2D eigenvalue weighted by atomic mass is 10.0. The summed E-state index contributed by atoms with van der Waals surface area (Å²) in [5.41, 5.74) is 2.35. The number of nitrogens with one attached hydrogen (secondary N) is 1. The van der Waals surface area contributed by atoms with Crippen LogP contribution in [0.25, 0.3) is 33.5 Å². The van der Waals surface area contributed by atoms with E-state index >= 15 is 4.39 Å². The third kappa shape index (κ3) is 2.43. The van der Waals surface area contributed by atoms with Gasteiger partial charge in [-0.1, -0.05) is 0 Å². The van der Waals surface area contributed by atoms with Gasteiger partial charge in [0.2, 0.25) is 0 Å². The van der Waals surface area contributed by atoms with Crippen molar-refractivity contribution in [1.82, 2.24) is 34.7 Å². The lowest BCUT2D eigenvalue weighted by Gasteiger charge is -2.17. The Hall–Kier alpha value is -3.75. The summed E-state index contributed by atoms with van der Waals surface area (Å²) in [6.07, 6.45) is 7.88. The molecular formula is C19H13F2N7. The fourth-order valence-corrected chi connectivity index (χ4v) is 3.31. The molecule has 7 nitrogen and oxygen atoms in total. The Bertz CT molecular complexity index is 1310. The van der Waals surface area contributed by atoms with Crippen LogP contribution in [0.4, 0.5) is 8.78 Å². The molecule has 0 bridgehead atoms. The van der Waals surface area contributed by atoms with E-state index in [9.17, 15) is 4.39 Å². The van der Waals surface area contributed by atoms with E-state index in [1.165, 1.54) is 18.6 Å². The van der Waals surface area contributed by atoms with Crippen molar-refractivity contribution in [1.29, 1.82) is 0 Å². The number of hydrogen-bond donors (Lipinski definition) is 1. The van der Waals surface area contributed by atoms with Crippen molar-refractivity contribution in [2.75, 3.05) is 0 Å². The first-order valence-corrected chi connectivity index (χ1v) is 8.55. The molecule has 4 aromatic heterocycles. The second kappa shape index (κ2) is 6.15. The van der Waals surface area contributed by atoms with Gasteiger partial charge in [0.05, 0.1) is 36.0 Å². The second-order valence-corrected chi connectivity index (χ2v) is 6.37. The fourth-order valence-electron chi connectivity index (χ4n) is 3.31. The van der Waals surface area contributed by atoms with Gasteiger partial charge in [0.1, 0.15) is 11.6 Å². The zero-order valence-electron chi connectivity index (χ0n) is 14.6. The molecule has 4 heterocycles. The molecular weight excluding hydrogens is 364 g/mol. The minimum Gasteiger partial charge on any atom is -0.306 e. The Morgan fingerprint density at radius 1 is 1.14 bits per heavy atom. The van der Waals surface area contributed by atoms with Crippen molar-refractivity contribution in [3.63, 3.8) is 0 Å². The van der Waals surface area contributed by atoms with Crippen molar-refractivity contribution in [2.45, 2.75) is 13.0 Å². The second-order valence-electron chi connectivity index (χ2n) is 6.37. The number of halogens is 2. The molecule has 0 aliphatic rings. The van der Waals surface area contributed by atoms with E-state index in [1.54, 1.807) is 42.2 Å². The van der Waals surface area contributed by atoms with Gasteiger partial charge in [-0.3, -0.25) is 10.1 Å². The maximum atomic E-state index is 15.1. The van der Waals surface area contributed by atoms with Gasteiger partial charge in [-0.25, -0.2) is 23.7 Å². The van der Waals surface area contributed by atoms with E-state index < -0.39 is 17.7 Å². The number of pyridine rings is 1. The van der Waals surface area contributed by atoms with Crippen LogP contribution in [0.3, 0.4) is 0 Å². The lowest BCUT2D eigenvalue weighted by Crippen LogP contribution is -2.11. The molecule has 1 atom stereocenters. The lowest BCUT2D eigenvalue weighted by molar-refractivity contribution is 0.517. The van der Waals surface area contributed by atoms with Crippen LogP contribution in [0.2, 0.25) is 0 Å². The first-order chi connectivity index (χ1) is 13.6. The van der Waals surface area contributed by atoms with E-state index in [-0.39, 0.29) is 16.5 Å². The van der Waals surface area contributed by atoms with Gasteiger partial charge >= 0.3 is 0 Å². The topological polar surface area (TPSA) is 85.2 Å². The smallest absolute Gasteiger partial charge is 0.197 e. The Balaban J connectivity index is 1.68. The molecule has 1 unspecified atom stereocenters. The van der Waals surface area contributed by atoms with E-state index in [0.29, 0.717) is 17.0 Å². The summed E-state index contributed by atoms with van der Waals surface area (Å²) in [6.45, 7) is 1.69. The van der Waals surface area contributed by atoms with E-state index in [2.05, 4.69) is 30.1 Å². The van der Waals surface area contributed by atoms with Crippen LogP contribution in [0.15, 0.2) is 49.3 Å². The highest BCUT2D eigenvalue weighted by Gasteiger charge is 2.23. The number of rotatable bonds is 3. The minimum atomic E-state index is -0.691. The average Bonchev–Trinajstić information content (AvgIpc) is 3.37. The van der Waals surface area contributed by atoms with Crippen molar-refractivity contribution in [3.05, 3.63) is 66.5 Å². The third-order valence-corrected chi connectivity index (χ3v) is 4.75. The van der Waals surface area contributed by atoms with Crippen LogP contribution in [-0.2, 0) is 0 Å². The standard InChI is InChI=1S/C19H13F2N7/c1-10(16-13(20)5-14-12(17(16)21)3-2-4-22-14)28-9-24-18-19(28)27-15(8-23-18)11-6-25-26-7-11/h2-10H,1H3,(H,25,26). The molecule has 28 heavy (non-hydrogen) atoms. The van der Waals surface area contributed by atoms with Gasteiger partial charge < -0.3 is 4.57 Å². The Morgan fingerprint density at radius 2 is 2.04 bits per heavy atom. The first kappa shape index (κ1) is 16.4. The molecule has 5 aromatic rings. The van der Waals surface area contributed by atoms with Gasteiger partial charge in [0, 0.05) is 35.0 Å². The Kier molecular flexibility index (Phi) is 3.61. The molecule has 0 radical (unpaired) electrons. The number of hydrogen-bond acceptors (Lipinski definition) is 5. The quantitative estimate of drug-likeness (QED) is 0.519. The molecule has 1 N–H and O–H groups in total. The predicted molar refractivity (Wildman–Crippen MR) is 98.4 cm³/mol. The number of fused-ring (bicyclic) bond motifs is 2. The van der Waals surface area contributed by atoms with Crippen molar-refractivity contribution in [3.8, 4) is 11.3 Å². The molecule has 0 fully saturated rings. The molecule has 0 aliphatic carbocycles. The summed E-state index contributed by atoms with van der Waals surface area (Å²) in [4.78, 5) is 17.1. The normalized spacial score (nSPS) is 12.7. The Morgan fingerprint density at radius 3 is 2.86 bits per heavy atom. The molecule has 0 amide bonds. The number of imidazole rings is 1. The summed E-state index contributed by atoms with van der Waals surface area (Å²) < 4.78 is 31.5.